The molecule has 1 heterocycles. The summed E-state index contributed by atoms with van der Waals surface area (Å²) in [5.41, 5.74) is 2.90. The molecule has 2 aromatic carbocycles. The van der Waals surface area contributed by atoms with Crippen molar-refractivity contribution in [3.8, 4) is 0 Å². The fourth-order valence-electron chi connectivity index (χ4n) is 2.74. The van der Waals surface area contributed by atoms with Crippen molar-refractivity contribution in [3.63, 3.8) is 0 Å². The lowest BCUT2D eigenvalue weighted by Gasteiger charge is -2.18. The average molecular weight is 360 g/mol. The second-order valence-corrected chi connectivity index (χ2v) is 7.94. The number of rotatable bonds is 4. The van der Waals surface area contributed by atoms with Crippen molar-refractivity contribution >= 4 is 27.5 Å². The van der Waals surface area contributed by atoms with Crippen LogP contribution < -0.4 is 9.62 Å². The van der Waals surface area contributed by atoms with Crippen molar-refractivity contribution in [1.82, 2.24) is 0 Å². The van der Waals surface area contributed by atoms with E-state index < -0.39 is 16.1 Å². The Balaban J connectivity index is 1.64. The molecule has 1 amide bonds. The number of ether oxygens (including phenoxy) is 1. The van der Waals surface area contributed by atoms with E-state index in [1.807, 2.05) is 37.3 Å². The molecule has 1 fully saturated rings. The summed E-state index contributed by atoms with van der Waals surface area (Å²) < 4.78 is 30.6. The molecule has 0 spiro atoms. The van der Waals surface area contributed by atoms with Gasteiger partial charge in [-0.05, 0) is 42.7 Å². The highest BCUT2D eigenvalue weighted by atomic mass is 32.2. The highest BCUT2D eigenvalue weighted by molar-refractivity contribution is 7.93. The van der Waals surface area contributed by atoms with E-state index in [0.29, 0.717) is 24.3 Å². The second kappa shape index (κ2) is 7.14. The SMILES string of the molecule is Cc1cc(N2CCCS2(=O)=O)ccc1NC(=O)OCc1ccccc1. The van der Waals surface area contributed by atoms with Crippen LogP contribution in [0.4, 0.5) is 16.2 Å². The molecule has 0 aromatic heterocycles. The summed E-state index contributed by atoms with van der Waals surface area (Å²) in [7, 11) is -3.21. The lowest BCUT2D eigenvalue weighted by molar-refractivity contribution is 0.155. The second-order valence-electron chi connectivity index (χ2n) is 5.93. The Morgan fingerprint density at radius 1 is 1.20 bits per heavy atom. The van der Waals surface area contributed by atoms with Crippen LogP contribution in [0.25, 0.3) is 0 Å². The molecule has 0 radical (unpaired) electrons. The van der Waals surface area contributed by atoms with E-state index >= 15 is 0 Å². The molecule has 0 unspecified atom stereocenters. The average Bonchev–Trinajstić information content (AvgIpc) is 2.95. The summed E-state index contributed by atoms with van der Waals surface area (Å²) in [6, 6.07) is 14.6. The quantitative estimate of drug-likeness (QED) is 0.908. The zero-order valence-corrected chi connectivity index (χ0v) is 14.8. The van der Waals surface area contributed by atoms with E-state index in [1.165, 1.54) is 4.31 Å². The molecule has 1 saturated heterocycles. The van der Waals surface area contributed by atoms with Gasteiger partial charge in [0.15, 0.2) is 0 Å². The number of hydrogen-bond acceptors (Lipinski definition) is 4. The highest BCUT2D eigenvalue weighted by Gasteiger charge is 2.28. The number of hydrogen-bond donors (Lipinski definition) is 1. The highest BCUT2D eigenvalue weighted by Crippen LogP contribution is 2.28. The first-order valence-electron chi connectivity index (χ1n) is 8.04. The molecule has 132 valence electrons. The number of carbonyl (C=O) groups excluding carboxylic acids is 1. The van der Waals surface area contributed by atoms with Crippen LogP contribution in [0.15, 0.2) is 48.5 Å². The van der Waals surface area contributed by atoms with Gasteiger partial charge in [-0.2, -0.15) is 0 Å². The van der Waals surface area contributed by atoms with Crippen molar-refractivity contribution in [2.75, 3.05) is 21.9 Å². The van der Waals surface area contributed by atoms with Crippen molar-refractivity contribution in [1.29, 1.82) is 0 Å². The Labute approximate surface area is 147 Å². The third-order valence-corrected chi connectivity index (χ3v) is 5.92. The smallest absolute Gasteiger partial charge is 0.411 e. The van der Waals surface area contributed by atoms with E-state index in [9.17, 15) is 13.2 Å². The van der Waals surface area contributed by atoms with E-state index in [2.05, 4.69) is 5.32 Å². The van der Waals surface area contributed by atoms with Crippen LogP contribution in [-0.4, -0.2) is 26.8 Å². The number of amides is 1. The Morgan fingerprint density at radius 2 is 1.96 bits per heavy atom. The van der Waals surface area contributed by atoms with Crippen molar-refractivity contribution in [2.24, 2.45) is 0 Å². The molecule has 0 atom stereocenters. The number of carbonyl (C=O) groups is 1. The van der Waals surface area contributed by atoms with Gasteiger partial charge >= 0.3 is 6.09 Å². The fraction of sp³-hybridized carbons (Fsp3) is 0.278. The minimum absolute atomic E-state index is 0.178. The van der Waals surface area contributed by atoms with Crippen LogP contribution in [0, 0.1) is 6.92 Å². The lowest BCUT2D eigenvalue weighted by atomic mass is 10.1. The molecule has 1 aliphatic heterocycles. The monoisotopic (exact) mass is 360 g/mol. The molecule has 3 rings (SSSR count). The first-order valence-corrected chi connectivity index (χ1v) is 9.65. The summed E-state index contributed by atoms with van der Waals surface area (Å²) in [4.78, 5) is 11.9. The first-order chi connectivity index (χ1) is 12.0. The predicted octanol–water partition coefficient (Wildman–Crippen LogP) is 3.28. The van der Waals surface area contributed by atoms with Gasteiger partial charge in [0, 0.05) is 12.2 Å². The van der Waals surface area contributed by atoms with Gasteiger partial charge in [0.2, 0.25) is 10.0 Å². The molecule has 6 nitrogen and oxygen atoms in total. The fourth-order valence-corrected chi connectivity index (χ4v) is 4.30. The maximum absolute atomic E-state index is 12.0. The molecule has 1 N–H and O–H groups in total. The standard InChI is InChI=1S/C18H20N2O4S/c1-14-12-16(20-10-5-11-25(20,22)23)8-9-17(14)19-18(21)24-13-15-6-3-2-4-7-15/h2-4,6-9,12H,5,10-11,13H2,1H3,(H,19,21). The zero-order chi connectivity index (χ0) is 17.9. The molecular weight excluding hydrogens is 340 g/mol. The largest absolute Gasteiger partial charge is 0.444 e. The molecule has 7 heteroatoms. The third-order valence-electron chi connectivity index (χ3n) is 4.05. The maximum atomic E-state index is 12.0. The van der Waals surface area contributed by atoms with Crippen LogP contribution in [0.1, 0.15) is 17.5 Å². The summed E-state index contributed by atoms with van der Waals surface area (Å²) in [5.74, 6) is 0.178. The first kappa shape index (κ1) is 17.3. The molecule has 0 aliphatic carbocycles. The third kappa shape index (κ3) is 4.11. The van der Waals surface area contributed by atoms with Gasteiger partial charge in [0.25, 0.3) is 0 Å². The van der Waals surface area contributed by atoms with E-state index in [1.54, 1.807) is 18.2 Å². The van der Waals surface area contributed by atoms with Gasteiger partial charge in [-0.1, -0.05) is 30.3 Å². The van der Waals surface area contributed by atoms with Crippen molar-refractivity contribution < 1.29 is 17.9 Å². The Hall–Kier alpha value is -2.54. The van der Waals surface area contributed by atoms with Crippen LogP contribution in [-0.2, 0) is 21.4 Å². The summed E-state index contributed by atoms with van der Waals surface area (Å²) in [6.45, 7) is 2.50. The summed E-state index contributed by atoms with van der Waals surface area (Å²) in [5, 5.41) is 2.69. The molecule has 0 bridgehead atoms. The summed E-state index contributed by atoms with van der Waals surface area (Å²) in [6.07, 6.45) is 0.0844. The number of benzene rings is 2. The van der Waals surface area contributed by atoms with Crippen LogP contribution in [0.5, 0.6) is 0 Å². The lowest BCUT2D eigenvalue weighted by Crippen LogP contribution is -2.25. The van der Waals surface area contributed by atoms with E-state index in [4.69, 9.17) is 4.74 Å². The molecule has 1 aliphatic rings. The van der Waals surface area contributed by atoms with Crippen LogP contribution in [0.2, 0.25) is 0 Å². The van der Waals surface area contributed by atoms with Crippen molar-refractivity contribution in [2.45, 2.75) is 20.0 Å². The number of nitrogens with one attached hydrogen (secondary N) is 1. The minimum atomic E-state index is -3.21. The summed E-state index contributed by atoms with van der Waals surface area (Å²) >= 11 is 0. The van der Waals surface area contributed by atoms with Gasteiger partial charge in [-0.3, -0.25) is 9.62 Å². The maximum Gasteiger partial charge on any atom is 0.411 e. The topological polar surface area (TPSA) is 75.7 Å². The van der Waals surface area contributed by atoms with Gasteiger partial charge < -0.3 is 4.74 Å². The van der Waals surface area contributed by atoms with Gasteiger partial charge in [-0.15, -0.1) is 0 Å². The Kier molecular flexibility index (Phi) is 4.94. The van der Waals surface area contributed by atoms with Crippen LogP contribution >= 0.6 is 0 Å². The predicted molar refractivity (Wildman–Crippen MR) is 97.2 cm³/mol. The van der Waals surface area contributed by atoms with Gasteiger partial charge in [0.1, 0.15) is 6.61 Å². The number of anilines is 2. The van der Waals surface area contributed by atoms with Crippen LogP contribution in [0.3, 0.4) is 0 Å². The number of sulfonamides is 1. The van der Waals surface area contributed by atoms with Gasteiger partial charge in [-0.25, -0.2) is 13.2 Å². The van der Waals surface area contributed by atoms with Crippen molar-refractivity contribution in [3.05, 3.63) is 59.7 Å². The molecule has 25 heavy (non-hydrogen) atoms. The van der Waals surface area contributed by atoms with Gasteiger partial charge in [0.05, 0.1) is 11.4 Å². The Bertz CT molecular complexity index is 866. The van der Waals surface area contributed by atoms with E-state index in [-0.39, 0.29) is 12.4 Å². The number of aryl methyl sites for hydroxylation is 1. The van der Waals surface area contributed by atoms with E-state index in [0.717, 1.165) is 11.1 Å². The molecule has 2 aromatic rings. The molecular formula is C18H20N2O4S. The molecule has 0 saturated carbocycles. The zero-order valence-electron chi connectivity index (χ0n) is 13.9. The normalized spacial score (nSPS) is 15.8. The minimum Gasteiger partial charge on any atom is -0.444 e. The number of nitrogens with zero attached hydrogens (tertiary/aromatic N) is 1. The Morgan fingerprint density at radius 3 is 2.60 bits per heavy atom.